The van der Waals surface area contributed by atoms with Gasteiger partial charge in [0.2, 0.25) is 0 Å². The van der Waals surface area contributed by atoms with Crippen molar-refractivity contribution in [3.05, 3.63) is 59.7 Å². The highest BCUT2D eigenvalue weighted by Gasteiger charge is 2.12. The molecular formula is C14H8ClF2NO. The standard InChI is InChI=1S/C14H8ClF2NO/c15-12(8-18)9-4-5-13(17)14(6-9)19-11-3-1-2-10(16)7-11/h1-7,12H. The van der Waals surface area contributed by atoms with E-state index in [4.69, 9.17) is 21.6 Å². The van der Waals surface area contributed by atoms with Gasteiger partial charge in [-0.25, -0.2) is 8.78 Å². The van der Waals surface area contributed by atoms with Crippen molar-refractivity contribution < 1.29 is 13.5 Å². The molecule has 0 aliphatic heterocycles. The first-order valence-electron chi connectivity index (χ1n) is 5.36. The molecule has 1 unspecified atom stereocenters. The van der Waals surface area contributed by atoms with Crippen molar-refractivity contribution in [3.8, 4) is 17.6 Å². The normalized spacial score (nSPS) is 11.7. The van der Waals surface area contributed by atoms with Gasteiger partial charge in [-0.2, -0.15) is 5.26 Å². The van der Waals surface area contributed by atoms with E-state index < -0.39 is 17.0 Å². The van der Waals surface area contributed by atoms with E-state index in [0.29, 0.717) is 5.56 Å². The van der Waals surface area contributed by atoms with E-state index in [1.807, 2.05) is 6.07 Å². The molecule has 19 heavy (non-hydrogen) atoms. The van der Waals surface area contributed by atoms with Crippen LogP contribution in [0.2, 0.25) is 0 Å². The number of ether oxygens (including phenoxy) is 1. The van der Waals surface area contributed by atoms with Gasteiger partial charge >= 0.3 is 0 Å². The van der Waals surface area contributed by atoms with Crippen LogP contribution < -0.4 is 4.74 Å². The van der Waals surface area contributed by atoms with Gasteiger partial charge < -0.3 is 4.74 Å². The molecule has 0 saturated carbocycles. The molecule has 2 nitrogen and oxygen atoms in total. The Morgan fingerprint density at radius 3 is 2.63 bits per heavy atom. The number of benzene rings is 2. The third-order valence-corrected chi connectivity index (χ3v) is 2.73. The van der Waals surface area contributed by atoms with Crippen molar-refractivity contribution in [1.82, 2.24) is 0 Å². The highest BCUT2D eigenvalue weighted by Crippen LogP contribution is 2.29. The molecule has 96 valence electrons. The fraction of sp³-hybridized carbons (Fsp3) is 0.0714. The van der Waals surface area contributed by atoms with E-state index in [-0.39, 0.29) is 11.5 Å². The maximum atomic E-state index is 13.6. The molecule has 0 amide bonds. The number of hydrogen-bond acceptors (Lipinski definition) is 2. The summed E-state index contributed by atoms with van der Waals surface area (Å²) in [6.45, 7) is 0. The topological polar surface area (TPSA) is 33.0 Å². The Balaban J connectivity index is 2.32. The van der Waals surface area contributed by atoms with Crippen LogP contribution in [0.15, 0.2) is 42.5 Å². The van der Waals surface area contributed by atoms with Crippen molar-refractivity contribution >= 4 is 11.6 Å². The molecule has 0 fully saturated rings. The van der Waals surface area contributed by atoms with Gasteiger partial charge in [-0.3, -0.25) is 0 Å². The Labute approximate surface area is 113 Å². The van der Waals surface area contributed by atoms with Gasteiger partial charge in [0.25, 0.3) is 0 Å². The number of nitriles is 1. The first kappa shape index (κ1) is 13.3. The van der Waals surface area contributed by atoms with Crippen molar-refractivity contribution in [3.63, 3.8) is 0 Å². The van der Waals surface area contributed by atoms with Gasteiger partial charge in [0, 0.05) is 6.07 Å². The third-order valence-electron chi connectivity index (χ3n) is 2.39. The molecule has 2 aromatic carbocycles. The van der Waals surface area contributed by atoms with Crippen LogP contribution in [0, 0.1) is 23.0 Å². The molecule has 0 radical (unpaired) electrons. The van der Waals surface area contributed by atoms with Gasteiger partial charge in [0.1, 0.15) is 16.9 Å². The number of hydrogen-bond donors (Lipinski definition) is 0. The monoisotopic (exact) mass is 279 g/mol. The molecule has 2 aromatic rings. The molecule has 0 saturated heterocycles. The van der Waals surface area contributed by atoms with Crippen molar-refractivity contribution in [2.24, 2.45) is 0 Å². The summed E-state index contributed by atoms with van der Waals surface area (Å²) < 4.78 is 31.8. The smallest absolute Gasteiger partial charge is 0.165 e. The minimum Gasteiger partial charge on any atom is -0.454 e. The second-order valence-corrected chi connectivity index (χ2v) is 4.18. The van der Waals surface area contributed by atoms with Crippen LogP contribution >= 0.6 is 11.6 Å². The summed E-state index contributed by atoms with van der Waals surface area (Å²) in [7, 11) is 0. The molecule has 1 atom stereocenters. The van der Waals surface area contributed by atoms with Gasteiger partial charge in [-0.05, 0) is 29.8 Å². The fourth-order valence-electron chi connectivity index (χ4n) is 1.49. The number of nitrogens with zero attached hydrogens (tertiary/aromatic N) is 1. The molecule has 0 bridgehead atoms. The molecule has 2 rings (SSSR count). The molecule has 0 aliphatic rings. The summed E-state index contributed by atoms with van der Waals surface area (Å²) in [4.78, 5) is 0. The van der Waals surface area contributed by atoms with E-state index in [1.54, 1.807) is 0 Å². The average molecular weight is 280 g/mol. The van der Waals surface area contributed by atoms with Crippen LogP contribution in [0.25, 0.3) is 0 Å². The van der Waals surface area contributed by atoms with Crippen LogP contribution in [0.3, 0.4) is 0 Å². The highest BCUT2D eigenvalue weighted by atomic mass is 35.5. The predicted octanol–water partition coefficient (Wildman–Crippen LogP) is 4.56. The number of alkyl halides is 1. The van der Waals surface area contributed by atoms with E-state index in [0.717, 1.165) is 12.1 Å². The van der Waals surface area contributed by atoms with Crippen LogP contribution in [0.5, 0.6) is 11.5 Å². The lowest BCUT2D eigenvalue weighted by molar-refractivity contribution is 0.438. The molecule has 0 aliphatic carbocycles. The first-order valence-corrected chi connectivity index (χ1v) is 5.80. The minimum atomic E-state index is -0.893. The summed E-state index contributed by atoms with van der Waals surface area (Å²) in [5.41, 5.74) is 0.414. The van der Waals surface area contributed by atoms with E-state index >= 15 is 0 Å². The van der Waals surface area contributed by atoms with Crippen molar-refractivity contribution in [2.45, 2.75) is 5.38 Å². The Morgan fingerprint density at radius 2 is 1.95 bits per heavy atom. The molecule has 0 N–H and O–H groups in total. The average Bonchev–Trinajstić information content (AvgIpc) is 2.40. The first-order chi connectivity index (χ1) is 9.10. The minimum absolute atomic E-state index is 0.107. The zero-order valence-electron chi connectivity index (χ0n) is 9.61. The maximum absolute atomic E-state index is 13.6. The fourth-order valence-corrected chi connectivity index (χ4v) is 1.62. The quantitative estimate of drug-likeness (QED) is 0.772. The van der Waals surface area contributed by atoms with Gasteiger partial charge in [0.15, 0.2) is 11.6 Å². The third kappa shape index (κ3) is 3.21. The molecule has 0 spiro atoms. The summed E-state index contributed by atoms with van der Waals surface area (Å²) in [5, 5.41) is 7.82. The van der Waals surface area contributed by atoms with E-state index in [1.165, 1.54) is 30.3 Å². The van der Waals surface area contributed by atoms with Gasteiger partial charge in [-0.1, -0.05) is 12.1 Å². The molecular weight excluding hydrogens is 272 g/mol. The summed E-state index contributed by atoms with van der Waals surface area (Å²) in [6.07, 6.45) is 0. The van der Waals surface area contributed by atoms with Crippen LogP contribution in [0.1, 0.15) is 10.9 Å². The van der Waals surface area contributed by atoms with Gasteiger partial charge in [-0.15, -0.1) is 11.6 Å². The van der Waals surface area contributed by atoms with Crippen molar-refractivity contribution in [1.29, 1.82) is 5.26 Å². The number of halogens is 3. The molecule has 0 heterocycles. The molecule has 5 heteroatoms. The van der Waals surface area contributed by atoms with Crippen LogP contribution in [0.4, 0.5) is 8.78 Å². The Morgan fingerprint density at radius 1 is 1.16 bits per heavy atom. The largest absolute Gasteiger partial charge is 0.454 e. The Bertz CT molecular complexity index is 640. The van der Waals surface area contributed by atoms with Crippen LogP contribution in [-0.4, -0.2) is 0 Å². The zero-order valence-corrected chi connectivity index (χ0v) is 10.4. The van der Waals surface area contributed by atoms with Crippen LogP contribution in [-0.2, 0) is 0 Å². The Hall–Kier alpha value is -2.12. The Kier molecular flexibility index (Phi) is 3.98. The summed E-state index contributed by atoms with van der Waals surface area (Å²) in [6, 6.07) is 11.0. The number of rotatable bonds is 3. The summed E-state index contributed by atoms with van der Waals surface area (Å²) >= 11 is 5.74. The second-order valence-electron chi connectivity index (χ2n) is 3.74. The highest BCUT2D eigenvalue weighted by molar-refractivity contribution is 6.22. The van der Waals surface area contributed by atoms with E-state index in [9.17, 15) is 8.78 Å². The SMILES string of the molecule is N#CC(Cl)c1ccc(F)c(Oc2cccc(F)c2)c1. The lowest BCUT2D eigenvalue weighted by Crippen LogP contribution is -1.93. The zero-order chi connectivity index (χ0) is 13.8. The van der Waals surface area contributed by atoms with Crippen molar-refractivity contribution in [2.75, 3.05) is 0 Å². The molecule has 0 aromatic heterocycles. The van der Waals surface area contributed by atoms with E-state index in [2.05, 4.69) is 0 Å². The predicted molar refractivity (Wildman–Crippen MR) is 67.1 cm³/mol. The lowest BCUT2D eigenvalue weighted by atomic mass is 10.1. The lowest BCUT2D eigenvalue weighted by Gasteiger charge is -2.09. The van der Waals surface area contributed by atoms with Gasteiger partial charge in [0.05, 0.1) is 6.07 Å². The summed E-state index contributed by atoms with van der Waals surface area (Å²) in [5.74, 6) is -1.04. The maximum Gasteiger partial charge on any atom is 0.165 e. The second kappa shape index (κ2) is 5.68.